The van der Waals surface area contributed by atoms with Gasteiger partial charge in [0.1, 0.15) is 6.61 Å². The molecule has 0 saturated heterocycles. The van der Waals surface area contributed by atoms with E-state index in [-0.39, 0.29) is 18.1 Å². The average molecular weight is 293 g/mol. The summed E-state index contributed by atoms with van der Waals surface area (Å²) < 4.78 is 14.4. The maximum Gasteiger partial charge on any atom is 0.344 e. The highest BCUT2D eigenvalue weighted by Crippen LogP contribution is 2.27. The second kappa shape index (κ2) is 7.20. The van der Waals surface area contributed by atoms with Crippen molar-refractivity contribution in [3.63, 3.8) is 0 Å². The number of hydrogen-bond donors (Lipinski definition) is 0. The second-order valence-electron chi connectivity index (χ2n) is 3.08. The maximum absolute atomic E-state index is 11.2. The zero-order chi connectivity index (χ0) is 13.5. The molecule has 18 heavy (non-hydrogen) atoms. The van der Waals surface area contributed by atoms with Gasteiger partial charge in [-0.05, 0) is 12.1 Å². The van der Waals surface area contributed by atoms with Crippen LogP contribution >= 0.6 is 23.2 Å². The highest BCUT2D eigenvalue weighted by atomic mass is 35.5. The first kappa shape index (κ1) is 14.8. The quantitative estimate of drug-likeness (QED) is 0.472. The lowest BCUT2D eigenvalue weighted by Crippen LogP contribution is -2.18. The van der Waals surface area contributed by atoms with Crippen LogP contribution in [0, 0.1) is 0 Å². The number of rotatable bonds is 5. The van der Waals surface area contributed by atoms with E-state index in [1.807, 2.05) is 0 Å². The van der Waals surface area contributed by atoms with E-state index in [0.717, 1.165) is 0 Å². The molecule has 0 unspecified atom stereocenters. The summed E-state index contributed by atoms with van der Waals surface area (Å²) in [6.45, 7) is -0.212. The molecule has 0 saturated carbocycles. The normalized spacial score (nSPS) is 10.2. The van der Waals surface area contributed by atoms with Crippen LogP contribution in [0.2, 0.25) is 0 Å². The molecule has 5 nitrogen and oxygen atoms in total. The lowest BCUT2D eigenvalue weighted by Gasteiger charge is -2.10. The molecule has 0 radical (unpaired) electrons. The summed E-state index contributed by atoms with van der Waals surface area (Å²) in [5.41, 5.74) is 0. The Morgan fingerprint density at radius 3 is 2.22 bits per heavy atom. The summed E-state index contributed by atoms with van der Waals surface area (Å²) in [6.07, 6.45) is 0. The van der Waals surface area contributed by atoms with Crippen LogP contribution in [0.25, 0.3) is 0 Å². The summed E-state index contributed by atoms with van der Waals surface area (Å²) in [4.78, 5) is 21.2. The monoisotopic (exact) mass is 292 g/mol. The second-order valence-corrected chi connectivity index (χ2v) is 4.17. The van der Waals surface area contributed by atoms with E-state index >= 15 is 0 Å². The van der Waals surface area contributed by atoms with Crippen LogP contribution in [0.1, 0.15) is 0 Å². The van der Waals surface area contributed by atoms with Gasteiger partial charge in [-0.3, -0.25) is 0 Å². The molecule has 0 N–H and O–H groups in total. The van der Waals surface area contributed by atoms with Gasteiger partial charge in [0.2, 0.25) is 4.84 Å². The third-order valence-corrected chi connectivity index (χ3v) is 2.08. The number of carbonyl (C=O) groups excluding carboxylic acids is 2. The minimum atomic E-state index is -1.31. The SMILES string of the molecule is COCC(=O)Oc1ccccc1OC(=O)C(Cl)Cl. The zero-order valence-electron chi connectivity index (χ0n) is 9.39. The molecule has 1 aromatic carbocycles. The maximum atomic E-state index is 11.2. The van der Waals surface area contributed by atoms with Gasteiger partial charge in [-0.2, -0.15) is 0 Å². The predicted molar refractivity (Wildman–Crippen MR) is 65.1 cm³/mol. The van der Waals surface area contributed by atoms with E-state index in [9.17, 15) is 9.59 Å². The summed E-state index contributed by atoms with van der Waals surface area (Å²) >= 11 is 10.7. The molecule has 0 aromatic heterocycles. The molecule has 0 aliphatic carbocycles. The third kappa shape index (κ3) is 4.52. The number of para-hydroxylation sites is 2. The average Bonchev–Trinajstić information content (AvgIpc) is 2.31. The summed E-state index contributed by atoms with van der Waals surface area (Å²) in [6, 6.07) is 6.14. The predicted octanol–water partition coefficient (Wildman–Crippen LogP) is 1.95. The Bertz CT molecular complexity index is 433. The number of benzene rings is 1. The van der Waals surface area contributed by atoms with E-state index in [1.165, 1.54) is 19.2 Å². The van der Waals surface area contributed by atoms with E-state index in [0.29, 0.717) is 0 Å². The summed E-state index contributed by atoms with van der Waals surface area (Å²) in [5, 5.41) is 0. The Morgan fingerprint density at radius 2 is 1.72 bits per heavy atom. The molecular weight excluding hydrogens is 283 g/mol. The van der Waals surface area contributed by atoms with Crippen molar-refractivity contribution in [1.82, 2.24) is 0 Å². The first-order valence-corrected chi connectivity index (χ1v) is 5.70. The molecule has 0 fully saturated rings. The number of halogens is 2. The molecule has 0 atom stereocenters. The van der Waals surface area contributed by atoms with Crippen LogP contribution in [-0.4, -0.2) is 30.5 Å². The van der Waals surface area contributed by atoms with Crippen LogP contribution < -0.4 is 9.47 Å². The lowest BCUT2D eigenvalue weighted by molar-refractivity contribution is -0.139. The number of methoxy groups -OCH3 is 1. The Labute approximate surface area is 114 Å². The standard InChI is InChI=1S/C11H10Cl2O5/c1-16-6-9(14)17-7-4-2-3-5-8(7)18-11(15)10(12)13/h2-5,10H,6H2,1H3. The first-order chi connectivity index (χ1) is 8.54. The Hall–Kier alpha value is -1.30. The topological polar surface area (TPSA) is 61.8 Å². The zero-order valence-corrected chi connectivity index (χ0v) is 10.9. The van der Waals surface area contributed by atoms with Gasteiger partial charge < -0.3 is 14.2 Å². The molecular formula is C11H10Cl2O5. The van der Waals surface area contributed by atoms with Crippen molar-refractivity contribution in [1.29, 1.82) is 0 Å². The van der Waals surface area contributed by atoms with E-state index < -0.39 is 16.8 Å². The van der Waals surface area contributed by atoms with E-state index in [1.54, 1.807) is 12.1 Å². The molecule has 1 aromatic rings. The van der Waals surface area contributed by atoms with Crippen molar-refractivity contribution in [2.45, 2.75) is 4.84 Å². The molecule has 0 heterocycles. The van der Waals surface area contributed by atoms with Gasteiger partial charge in [-0.25, -0.2) is 9.59 Å². The van der Waals surface area contributed by atoms with Crippen LogP contribution in [0.4, 0.5) is 0 Å². The molecule has 98 valence electrons. The number of alkyl halides is 2. The molecule has 7 heteroatoms. The van der Waals surface area contributed by atoms with Crippen molar-refractivity contribution >= 4 is 35.1 Å². The van der Waals surface area contributed by atoms with Gasteiger partial charge in [0.15, 0.2) is 11.5 Å². The van der Waals surface area contributed by atoms with Gasteiger partial charge in [-0.1, -0.05) is 35.3 Å². The van der Waals surface area contributed by atoms with Crippen LogP contribution in [0.5, 0.6) is 11.5 Å². The number of hydrogen-bond acceptors (Lipinski definition) is 5. The molecule has 0 aliphatic heterocycles. The van der Waals surface area contributed by atoms with Crippen molar-refractivity contribution < 1.29 is 23.8 Å². The minimum Gasteiger partial charge on any atom is -0.421 e. The van der Waals surface area contributed by atoms with Crippen LogP contribution in [0.3, 0.4) is 0 Å². The van der Waals surface area contributed by atoms with Gasteiger partial charge in [0.25, 0.3) is 0 Å². The van der Waals surface area contributed by atoms with E-state index in [4.69, 9.17) is 32.7 Å². The van der Waals surface area contributed by atoms with Crippen molar-refractivity contribution in [2.24, 2.45) is 0 Å². The highest BCUT2D eigenvalue weighted by Gasteiger charge is 2.17. The first-order valence-electron chi connectivity index (χ1n) is 4.83. The third-order valence-electron chi connectivity index (χ3n) is 1.72. The Balaban J connectivity index is 2.79. The Kier molecular flexibility index (Phi) is 5.91. The number of ether oxygens (including phenoxy) is 3. The highest BCUT2D eigenvalue weighted by molar-refractivity contribution is 6.53. The largest absolute Gasteiger partial charge is 0.421 e. The fourth-order valence-corrected chi connectivity index (χ4v) is 1.13. The van der Waals surface area contributed by atoms with Crippen molar-refractivity contribution in [3.8, 4) is 11.5 Å². The van der Waals surface area contributed by atoms with Gasteiger partial charge >= 0.3 is 11.9 Å². The van der Waals surface area contributed by atoms with Gasteiger partial charge in [0.05, 0.1) is 0 Å². The fourth-order valence-electron chi connectivity index (χ4n) is 1.04. The lowest BCUT2D eigenvalue weighted by atomic mass is 10.3. The van der Waals surface area contributed by atoms with E-state index in [2.05, 4.69) is 4.74 Å². The molecule has 0 spiro atoms. The smallest absolute Gasteiger partial charge is 0.344 e. The summed E-state index contributed by atoms with van der Waals surface area (Å²) in [5.74, 6) is -1.33. The summed E-state index contributed by atoms with van der Waals surface area (Å²) in [7, 11) is 1.36. The van der Waals surface area contributed by atoms with Crippen LogP contribution in [-0.2, 0) is 14.3 Å². The minimum absolute atomic E-state index is 0.0539. The molecule has 0 amide bonds. The number of carbonyl (C=O) groups is 2. The van der Waals surface area contributed by atoms with Crippen molar-refractivity contribution in [3.05, 3.63) is 24.3 Å². The molecule has 0 bridgehead atoms. The number of esters is 2. The Morgan fingerprint density at radius 1 is 1.17 bits per heavy atom. The van der Waals surface area contributed by atoms with Gasteiger partial charge in [0, 0.05) is 7.11 Å². The van der Waals surface area contributed by atoms with Crippen molar-refractivity contribution in [2.75, 3.05) is 13.7 Å². The molecule has 0 aliphatic rings. The fraction of sp³-hybridized carbons (Fsp3) is 0.273. The molecule has 1 rings (SSSR count). The van der Waals surface area contributed by atoms with Gasteiger partial charge in [-0.15, -0.1) is 0 Å². The van der Waals surface area contributed by atoms with Crippen LogP contribution in [0.15, 0.2) is 24.3 Å².